The van der Waals surface area contributed by atoms with Crippen molar-refractivity contribution in [1.29, 1.82) is 0 Å². The number of carbonyl (C=O) groups excluding carboxylic acids is 1. The van der Waals surface area contributed by atoms with E-state index < -0.39 is 0 Å². The SMILES string of the molecule is CCNC(=O)NCC(CC(C)O)c1ccccc1. The largest absolute Gasteiger partial charge is 0.393 e. The molecule has 0 saturated carbocycles. The standard InChI is InChI=1S/C14H22N2O2/c1-3-15-14(18)16-10-13(9-11(2)17)12-7-5-4-6-8-12/h4-8,11,13,17H,3,9-10H2,1-2H3,(H2,15,16,18). The van der Waals surface area contributed by atoms with Crippen LogP contribution in [0, 0.1) is 0 Å². The van der Waals surface area contributed by atoms with Crippen molar-refractivity contribution in [3.8, 4) is 0 Å². The molecule has 0 aliphatic heterocycles. The zero-order valence-corrected chi connectivity index (χ0v) is 11.0. The lowest BCUT2D eigenvalue weighted by Gasteiger charge is -2.19. The van der Waals surface area contributed by atoms with Crippen LogP contribution in [0.3, 0.4) is 0 Å². The second kappa shape index (κ2) is 7.71. The van der Waals surface area contributed by atoms with E-state index in [4.69, 9.17) is 0 Å². The molecule has 0 radical (unpaired) electrons. The summed E-state index contributed by atoms with van der Waals surface area (Å²) in [6, 6.07) is 9.77. The smallest absolute Gasteiger partial charge is 0.314 e. The molecule has 0 spiro atoms. The third-order valence-electron chi connectivity index (χ3n) is 2.74. The molecular weight excluding hydrogens is 228 g/mol. The van der Waals surface area contributed by atoms with Gasteiger partial charge in [-0.1, -0.05) is 30.3 Å². The van der Waals surface area contributed by atoms with Crippen molar-refractivity contribution in [2.75, 3.05) is 13.1 Å². The maximum atomic E-state index is 11.4. The van der Waals surface area contributed by atoms with Crippen molar-refractivity contribution >= 4 is 6.03 Å². The van der Waals surface area contributed by atoms with Crippen molar-refractivity contribution in [2.24, 2.45) is 0 Å². The zero-order chi connectivity index (χ0) is 13.4. The van der Waals surface area contributed by atoms with Gasteiger partial charge in [-0.3, -0.25) is 0 Å². The Bertz CT molecular complexity index is 352. The van der Waals surface area contributed by atoms with Crippen LogP contribution in [0.5, 0.6) is 0 Å². The monoisotopic (exact) mass is 250 g/mol. The van der Waals surface area contributed by atoms with Gasteiger partial charge in [0.25, 0.3) is 0 Å². The summed E-state index contributed by atoms with van der Waals surface area (Å²) >= 11 is 0. The van der Waals surface area contributed by atoms with Crippen molar-refractivity contribution in [3.05, 3.63) is 35.9 Å². The van der Waals surface area contributed by atoms with Crippen LogP contribution in [0.25, 0.3) is 0 Å². The minimum atomic E-state index is -0.383. The van der Waals surface area contributed by atoms with Gasteiger partial charge in [0.2, 0.25) is 0 Å². The van der Waals surface area contributed by atoms with Gasteiger partial charge in [0.1, 0.15) is 0 Å². The van der Waals surface area contributed by atoms with E-state index in [-0.39, 0.29) is 18.1 Å². The highest BCUT2D eigenvalue weighted by molar-refractivity contribution is 5.73. The molecule has 100 valence electrons. The summed E-state index contributed by atoms with van der Waals surface area (Å²) in [5, 5.41) is 15.0. The fraction of sp³-hybridized carbons (Fsp3) is 0.500. The van der Waals surface area contributed by atoms with Gasteiger partial charge in [-0.15, -0.1) is 0 Å². The predicted molar refractivity (Wildman–Crippen MR) is 72.6 cm³/mol. The Hall–Kier alpha value is -1.55. The Kier molecular flexibility index (Phi) is 6.22. The lowest BCUT2D eigenvalue weighted by atomic mass is 9.93. The molecule has 4 nitrogen and oxygen atoms in total. The minimum absolute atomic E-state index is 0.133. The molecule has 1 rings (SSSR count). The number of hydrogen-bond donors (Lipinski definition) is 3. The Balaban J connectivity index is 2.59. The van der Waals surface area contributed by atoms with Crippen LogP contribution in [-0.2, 0) is 0 Å². The van der Waals surface area contributed by atoms with Crippen molar-refractivity contribution in [3.63, 3.8) is 0 Å². The van der Waals surface area contributed by atoms with E-state index in [2.05, 4.69) is 10.6 Å². The third-order valence-corrected chi connectivity index (χ3v) is 2.74. The van der Waals surface area contributed by atoms with Gasteiger partial charge < -0.3 is 15.7 Å². The third kappa shape index (κ3) is 5.19. The van der Waals surface area contributed by atoms with Crippen LogP contribution >= 0.6 is 0 Å². The quantitative estimate of drug-likeness (QED) is 0.721. The first-order valence-electron chi connectivity index (χ1n) is 6.38. The lowest BCUT2D eigenvalue weighted by Crippen LogP contribution is -2.38. The first-order chi connectivity index (χ1) is 8.63. The van der Waals surface area contributed by atoms with E-state index in [1.165, 1.54) is 0 Å². The summed E-state index contributed by atoms with van der Waals surface area (Å²) in [6.07, 6.45) is 0.252. The summed E-state index contributed by atoms with van der Waals surface area (Å²) in [7, 11) is 0. The molecule has 3 N–H and O–H groups in total. The van der Waals surface area contributed by atoms with Crippen LogP contribution < -0.4 is 10.6 Å². The number of amides is 2. The molecule has 0 aliphatic rings. The summed E-state index contributed by atoms with van der Waals surface area (Å²) in [5.74, 6) is 0.133. The number of nitrogens with one attached hydrogen (secondary N) is 2. The Morgan fingerprint density at radius 2 is 1.94 bits per heavy atom. The molecule has 0 heterocycles. The second-order valence-electron chi connectivity index (χ2n) is 4.43. The lowest BCUT2D eigenvalue weighted by molar-refractivity contribution is 0.173. The Labute approximate surface area is 108 Å². The van der Waals surface area contributed by atoms with Gasteiger partial charge in [-0.25, -0.2) is 4.79 Å². The molecule has 1 aromatic rings. The van der Waals surface area contributed by atoms with Crippen LogP contribution in [0.15, 0.2) is 30.3 Å². The summed E-state index contributed by atoms with van der Waals surface area (Å²) in [4.78, 5) is 11.4. The number of benzene rings is 1. The van der Waals surface area contributed by atoms with Crippen LogP contribution in [-0.4, -0.2) is 30.3 Å². The number of urea groups is 1. The van der Waals surface area contributed by atoms with Crippen LogP contribution in [0.4, 0.5) is 4.79 Å². The molecule has 2 atom stereocenters. The van der Waals surface area contributed by atoms with Crippen molar-refractivity contribution in [1.82, 2.24) is 10.6 Å². The van der Waals surface area contributed by atoms with E-state index in [0.717, 1.165) is 5.56 Å². The summed E-state index contributed by atoms with van der Waals surface area (Å²) in [6.45, 7) is 4.78. The normalized spacial score (nSPS) is 13.7. The minimum Gasteiger partial charge on any atom is -0.393 e. The number of rotatable bonds is 6. The second-order valence-corrected chi connectivity index (χ2v) is 4.43. The molecular formula is C14H22N2O2. The average molecular weight is 250 g/mol. The molecule has 2 unspecified atom stereocenters. The van der Waals surface area contributed by atoms with Gasteiger partial charge in [-0.05, 0) is 25.8 Å². The molecule has 0 aliphatic carbocycles. The molecule has 2 amide bonds. The molecule has 0 aromatic heterocycles. The van der Waals surface area contributed by atoms with Gasteiger partial charge in [0, 0.05) is 19.0 Å². The van der Waals surface area contributed by atoms with E-state index in [9.17, 15) is 9.90 Å². The maximum absolute atomic E-state index is 11.4. The first kappa shape index (κ1) is 14.5. The fourth-order valence-corrected chi connectivity index (χ4v) is 1.91. The first-order valence-corrected chi connectivity index (χ1v) is 6.38. The van der Waals surface area contributed by atoms with E-state index >= 15 is 0 Å². The Morgan fingerprint density at radius 1 is 1.28 bits per heavy atom. The highest BCUT2D eigenvalue weighted by Crippen LogP contribution is 2.20. The molecule has 1 aromatic carbocycles. The van der Waals surface area contributed by atoms with E-state index in [1.807, 2.05) is 37.3 Å². The molecule has 4 heteroatoms. The van der Waals surface area contributed by atoms with E-state index in [0.29, 0.717) is 19.5 Å². The topological polar surface area (TPSA) is 61.4 Å². The number of hydrogen-bond acceptors (Lipinski definition) is 2. The van der Waals surface area contributed by atoms with Gasteiger partial charge in [0.05, 0.1) is 6.10 Å². The predicted octanol–water partition coefficient (Wildman–Crippen LogP) is 1.86. The van der Waals surface area contributed by atoms with Gasteiger partial charge in [0.15, 0.2) is 0 Å². The molecule has 0 saturated heterocycles. The summed E-state index contributed by atoms with van der Waals surface area (Å²) in [5.41, 5.74) is 1.13. The molecule has 0 fully saturated rings. The summed E-state index contributed by atoms with van der Waals surface area (Å²) < 4.78 is 0. The number of carbonyl (C=O) groups is 1. The number of aliphatic hydroxyl groups excluding tert-OH is 1. The van der Waals surface area contributed by atoms with Crippen LogP contribution in [0.2, 0.25) is 0 Å². The fourth-order valence-electron chi connectivity index (χ4n) is 1.91. The van der Waals surface area contributed by atoms with Gasteiger partial charge >= 0.3 is 6.03 Å². The zero-order valence-electron chi connectivity index (χ0n) is 11.0. The average Bonchev–Trinajstić information content (AvgIpc) is 2.35. The van der Waals surface area contributed by atoms with Crippen LogP contribution in [0.1, 0.15) is 31.7 Å². The molecule has 18 heavy (non-hydrogen) atoms. The van der Waals surface area contributed by atoms with E-state index in [1.54, 1.807) is 6.92 Å². The maximum Gasteiger partial charge on any atom is 0.314 e. The highest BCUT2D eigenvalue weighted by atomic mass is 16.3. The van der Waals surface area contributed by atoms with Gasteiger partial charge in [-0.2, -0.15) is 0 Å². The van der Waals surface area contributed by atoms with Crippen molar-refractivity contribution < 1.29 is 9.90 Å². The number of aliphatic hydroxyl groups is 1. The highest BCUT2D eigenvalue weighted by Gasteiger charge is 2.14. The molecule has 0 bridgehead atoms. The Morgan fingerprint density at radius 3 is 2.50 bits per heavy atom. The van der Waals surface area contributed by atoms with Crippen molar-refractivity contribution in [2.45, 2.75) is 32.3 Å².